The van der Waals surface area contributed by atoms with Gasteiger partial charge in [0.2, 0.25) is 0 Å². The summed E-state index contributed by atoms with van der Waals surface area (Å²) in [6.07, 6.45) is -0.777. The fourth-order valence-electron chi connectivity index (χ4n) is 1.71. The van der Waals surface area contributed by atoms with E-state index >= 15 is 0 Å². The van der Waals surface area contributed by atoms with Gasteiger partial charge in [-0.3, -0.25) is 9.69 Å². The second-order valence-electron chi connectivity index (χ2n) is 4.06. The lowest BCUT2D eigenvalue weighted by molar-refractivity contribution is -0.134. The van der Waals surface area contributed by atoms with Gasteiger partial charge in [-0.2, -0.15) is 0 Å². The fourth-order valence-corrected chi connectivity index (χ4v) is 1.99. The number of carbonyl (C=O) groups is 2. The Morgan fingerprint density at radius 3 is 2.74 bits per heavy atom. The van der Waals surface area contributed by atoms with Gasteiger partial charge in [-0.15, -0.1) is 0 Å². The van der Waals surface area contributed by atoms with Crippen molar-refractivity contribution in [2.45, 2.75) is 13.0 Å². The molecule has 1 aliphatic rings. The molecule has 5 nitrogen and oxygen atoms in total. The molecule has 2 rings (SSSR count). The Hall–Kier alpha value is -1.46. The molecule has 1 aliphatic heterocycles. The van der Waals surface area contributed by atoms with Gasteiger partial charge in [-0.05, 0) is 19.1 Å². The highest BCUT2D eigenvalue weighted by Crippen LogP contribution is 2.27. The summed E-state index contributed by atoms with van der Waals surface area (Å²) in [4.78, 5) is 24.5. The highest BCUT2D eigenvalue weighted by atomic mass is 35.5. The van der Waals surface area contributed by atoms with Crippen molar-refractivity contribution in [3.05, 3.63) is 28.2 Å². The number of nitrogens with one attached hydrogen (secondary N) is 1. The number of urea groups is 1. The number of hydrogen-bond acceptors (Lipinski definition) is 3. The lowest BCUT2D eigenvalue weighted by Gasteiger charge is -2.19. The molecule has 0 aliphatic carbocycles. The van der Waals surface area contributed by atoms with Crippen molar-refractivity contribution in [3.63, 3.8) is 0 Å². The average molecular weight is 303 g/mol. The number of amides is 3. The summed E-state index contributed by atoms with van der Waals surface area (Å²) < 4.78 is 5.46. The van der Waals surface area contributed by atoms with Crippen LogP contribution in [0.1, 0.15) is 6.92 Å². The van der Waals surface area contributed by atoms with Crippen LogP contribution in [0.3, 0.4) is 0 Å². The highest BCUT2D eigenvalue weighted by molar-refractivity contribution is 6.42. The van der Waals surface area contributed by atoms with Crippen LogP contribution in [0.25, 0.3) is 0 Å². The van der Waals surface area contributed by atoms with E-state index in [-0.39, 0.29) is 5.91 Å². The van der Waals surface area contributed by atoms with E-state index in [4.69, 9.17) is 27.9 Å². The Balaban J connectivity index is 2.03. The van der Waals surface area contributed by atoms with Crippen molar-refractivity contribution in [2.75, 3.05) is 13.1 Å². The number of imide groups is 1. The summed E-state index contributed by atoms with van der Waals surface area (Å²) in [5, 5.41) is 3.31. The van der Waals surface area contributed by atoms with E-state index in [0.717, 1.165) is 4.90 Å². The van der Waals surface area contributed by atoms with Crippen molar-refractivity contribution < 1.29 is 14.3 Å². The Kier molecular flexibility index (Phi) is 4.17. The Labute approximate surface area is 120 Å². The molecule has 1 aromatic rings. The Morgan fingerprint density at radius 2 is 2.16 bits per heavy atom. The van der Waals surface area contributed by atoms with Crippen LogP contribution in [0.2, 0.25) is 10.0 Å². The Bertz CT molecular complexity index is 522. The summed E-state index contributed by atoms with van der Waals surface area (Å²) in [7, 11) is 0. The van der Waals surface area contributed by atoms with Gasteiger partial charge in [0.25, 0.3) is 5.91 Å². The Morgan fingerprint density at radius 1 is 1.42 bits per heavy atom. The van der Waals surface area contributed by atoms with E-state index in [1.54, 1.807) is 19.1 Å². The highest BCUT2D eigenvalue weighted by Gasteiger charge is 2.30. The van der Waals surface area contributed by atoms with Crippen LogP contribution in [0.15, 0.2) is 18.2 Å². The molecule has 1 aromatic carbocycles. The maximum absolute atomic E-state index is 12.0. The average Bonchev–Trinajstić information content (AvgIpc) is 2.79. The summed E-state index contributed by atoms with van der Waals surface area (Å²) in [5.41, 5.74) is 0. The maximum atomic E-state index is 12.0. The van der Waals surface area contributed by atoms with Crippen LogP contribution in [-0.4, -0.2) is 36.0 Å². The molecule has 0 spiro atoms. The van der Waals surface area contributed by atoms with Crippen LogP contribution in [0.4, 0.5) is 4.79 Å². The smallest absolute Gasteiger partial charge is 0.324 e. The fraction of sp³-hybridized carbons (Fsp3) is 0.333. The van der Waals surface area contributed by atoms with Gasteiger partial charge in [-0.25, -0.2) is 4.79 Å². The van der Waals surface area contributed by atoms with Crippen LogP contribution in [0, 0.1) is 0 Å². The molecule has 0 saturated carbocycles. The van der Waals surface area contributed by atoms with Gasteiger partial charge in [0.05, 0.1) is 10.0 Å². The van der Waals surface area contributed by atoms with Crippen molar-refractivity contribution in [3.8, 4) is 5.75 Å². The van der Waals surface area contributed by atoms with E-state index in [0.29, 0.717) is 28.9 Å². The standard InChI is InChI=1S/C12H12Cl2N2O3/c1-7(11(17)16-5-4-15-12(16)18)19-8-2-3-9(13)10(14)6-8/h2-3,6-7H,4-5H2,1H3,(H,15,18)/t7-/m1/s1. The number of halogens is 2. The molecular weight excluding hydrogens is 291 g/mol. The van der Waals surface area contributed by atoms with Crippen LogP contribution in [-0.2, 0) is 4.79 Å². The lowest BCUT2D eigenvalue weighted by atomic mass is 10.3. The predicted molar refractivity (Wildman–Crippen MR) is 71.7 cm³/mol. The number of nitrogens with zero attached hydrogens (tertiary/aromatic N) is 1. The van der Waals surface area contributed by atoms with Crippen LogP contribution in [0.5, 0.6) is 5.75 Å². The zero-order chi connectivity index (χ0) is 14.0. The van der Waals surface area contributed by atoms with Gasteiger partial charge in [-0.1, -0.05) is 23.2 Å². The molecule has 0 aromatic heterocycles. The van der Waals surface area contributed by atoms with Crippen LogP contribution < -0.4 is 10.1 Å². The minimum Gasteiger partial charge on any atom is -0.481 e. The third-order valence-electron chi connectivity index (χ3n) is 2.67. The molecule has 0 unspecified atom stereocenters. The molecule has 1 N–H and O–H groups in total. The lowest BCUT2D eigenvalue weighted by Crippen LogP contribution is -2.42. The molecule has 19 heavy (non-hydrogen) atoms. The van der Waals surface area contributed by atoms with Gasteiger partial charge in [0.1, 0.15) is 5.75 Å². The summed E-state index contributed by atoms with van der Waals surface area (Å²) in [5.74, 6) is 0.0379. The van der Waals surface area contributed by atoms with E-state index < -0.39 is 12.1 Å². The van der Waals surface area contributed by atoms with Crippen molar-refractivity contribution in [2.24, 2.45) is 0 Å². The van der Waals surface area contributed by atoms with E-state index in [9.17, 15) is 9.59 Å². The minimum absolute atomic E-state index is 0.345. The van der Waals surface area contributed by atoms with Crippen LogP contribution >= 0.6 is 23.2 Å². The second kappa shape index (κ2) is 5.67. The number of rotatable bonds is 3. The predicted octanol–water partition coefficient (Wildman–Crippen LogP) is 2.31. The number of benzene rings is 1. The third-order valence-corrected chi connectivity index (χ3v) is 3.41. The summed E-state index contributed by atoms with van der Waals surface area (Å²) in [6, 6.07) is 4.33. The van der Waals surface area contributed by atoms with Gasteiger partial charge < -0.3 is 10.1 Å². The maximum Gasteiger partial charge on any atom is 0.324 e. The van der Waals surface area contributed by atoms with Crippen molar-refractivity contribution in [1.82, 2.24) is 10.2 Å². The van der Waals surface area contributed by atoms with Gasteiger partial charge >= 0.3 is 6.03 Å². The summed E-state index contributed by atoms with van der Waals surface area (Å²) >= 11 is 11.6. The van der Waals surface area contributed by atoms with Gasteiger partial charge in [0.15, 0.2) is 6.10 Å². The first kappa shape index (κ1) is 14.0. The second-order valence-corrected chi connectivity index (χ2v) is 4.87. The first-order valence-electron chi connectivity index (χ1n) is 5.70. The number of ether oxygens (including phenoxy) is 1. The van der Waals surface area contributed by atoms with E-state index in [2.05, 4.69) is 5.32 Å². The molecule has 3 amide bonds. The summed E-state index contributed by atoms with van der Waals surface area (Å²) in [6.45, 7) is 2.40. The largest absolute Gasteiger partial charge is 0.481 e. The van der Waals surface area contributed by atoms with Gasteiger partial charge in [0, 0.05) is 19.2 Å². The normalized spacial score (nSPS) is 16.2. The molecule has 1 heterocycles. The molecule has 102 valence electrons. The molecule has 0 bridgehead atoms. The number of hydrogen-bond donors (Lipinski definition) is 1. The van der Waals surface area contributed by atoms with Crippen molar-refractivity contribution in [1.29, 1.82) is 0 Å². The van der Waals surface area contributed by atoms with E-state index in [1.165, 1.54) is 6.07 Å². The molecule has 1 saturated heterocycles. The molecule has 7 heteroatoms. The molecule has 1 fully saturated rings. The molecule has 0 radical (unpaired) electrons. The third kappa shape index (κ3) is 3.11. The SMILES string of the molecule is C[C@@H](Oc1ccc(Cl)c(Cl)c1)C(=O)N1CCNC1=O. The minimum atomic E-state index is -0.777. The first-order chi connectivity index (χ1) is 8.99. The topological polar surface area (TPSA) is 58.6 Å². The van der Waals surface area contributed by atoms with E-state index in [1.807, 2.05) is 0 Å². The van der Waals surface area contributed by atoms with Crippen molar-refractivity contribution >= 4 is 35.1 Å². The zero-order valence-electron chi connectivity index (χ0n) is 10.2. The molecular formula is C12H12Cl2N2O3. The zero-order valence-corrected chi connectivity index (χ0v) is 11.7. The monoisotopic (exact) mass is 302 g/mol. The first-order valence-corrected chi connectivity index (χ1v) is 6.45. The number of carbonyl (C=O) groups excluding carboxylic acids is 2. The quantitative estimate of drug-likeness (QED) is 0.932. The molecule has 1 atom stereocenters.